The fourth-order valence-electron chi connectivity index (χ4n) is 2.00. The molecular formula is C14H18BrClN4S. The molecule has 0 aliphatic carbocycles. The number of rotatable bonds is 7. The molecule has 1 N–H and O–H groups in total. The minimum absolute atomic E-state index is 0.184. The first-order valence-electron chi connectivity index (χ1n) is 6.78. The van der Waals surface area contributed by atoms with Gasteiger partial charge in [0.25, 0.3) is 0 Å². The van der Waals surface area contributed by atoms with Crippen molar-refractivity contribution in [3.8, 4) is 0 Å². The number of hydrogen-bond donors (Lipinski definition) is 1. The van der Waals surface area contributed by atoms with Crippen LogP contribution < -0.4 is 5.32 Å². The van der Waals surface area contributed by atoms with Crippen molar-refractivity contribution in [2.24, 2.45) is 7.05 Å². The summed E-state index contributed by atoms with van der Waals surface area (Å²) >= 11 is 11.3. The molecule has 0 spiro atoms. The zero-order valence-electron chi connectivity index (χ0n) is 12.0. The van der Waals surface area contributed by atoms with Gasteiger partial charge in [-0.3, -0.25) is 0 Å². The van der Waals surface area contributed by atoms with E-state index >= 15 is 0 Å². The van der Waals surface area contributed by atoms with E-state index in [-0.39, 0.29) is 6.04 Å². The van der Waals surface area contributed by atoms with Gasteiger partial charge in [-0.2, -0.15) is 0 Å². The number of nitrogens with zero attached hydrogens (tertiary/aromatic N) is 3. The zero-order chi connectivity index (χ0) is 15.2. The molecule has 1 heterocycles. The Morgan fingerprint density at radius 3 is 2.90 bits per heavy atom. The predicted octanol–water partition coefficient (Wildman–Crippen LogP) is 4.06. The lowest BCUT2D eigenvalue weighted by atomic mass is 10.2. The smallest absolute Gasteiger partial charge is 0.153 e. The topological polar surface area (TPSA) is 42.7 Å². The van der Waals surface area contributed by atoms with E-state index in [1.165, 1.54) is 0 Å². The number of hydrogen-bond acceptors (Lipinski definition) is 4. The molecule has 7 heteroatoms. The minimum Gasteiger partial charge on any atom is -0.308 e. The second-order valence-corrected chi connectivity index (χ2v) is 6.95. The highest BCUT2D eigenvalue weighted by Crippen LogP contribution is 2.28. The fraction of sp³-hybridized carbons (Fsp3) is 0.429. The molecule has 0 bridgehead atoms. The molecule has 1 aromatic carbocycles. The molecule has 1 unspecified atom stereocenters. The standard InChI is InChI=1S/C14H18BrClN4S/c1-3-7-17-12(13-14(15)18-19-20(13)2)9-21-11-6-4-5-10(16)8-11/h4-6,8,12,17H,3,7,9H2,1-2H3. The third-order valence-electron chi connectivity index (χ3n) is 3.01. The van der Waals surface area contributed by atoms with Gasteiger partial charge < -0.3 is 5.32 Å². The molecule has 2 aromatic rings. The maximum Gasteiger partial charge on any atom is 0.153 e. The Balaban J connectivity index is 2.10. The predicted molar refractivity (Wildman–Crippen MR) is 91.9 cm³/mol. The van der Waals surface area contributed by atoms with Crippen molar-refractivity contribution in [2.45, 2.75) is 24.3 Å². The van der Waals surface area contributed by atoms with E-state index in [0.29, 0.717) is 0 Å². The Kier molecular flexibility index (Phi) is 6.54. The first kappa shape index (κ1) is 16.8. The van der Waals surface area contributed by atoms with Crippen LogP contribution >= 0.6 is 39.3 Å². The van der Waals surface area contributed by atoms with Gasteiger partial charge in [0.1, 0.15) is 0 Å². The van der Waals surface area contributed by atoms with E-state index in [2.05, 4.69) is 44.5 Å². The molecule has 0 saturated carbocycles. The molecular weight excluding hydrogens is 372 g/mol. The highest BCUT2D eigenvalue weighted by molar-refractivity contribution is 9.10. The summed E-state index contributed by atoms with van der Waals surface area (Å²) in [6.07, 6.45) is 1.08. The Hall–Kier alpha value is -0.560. The van der Waals surface area contributed by atoms with E-state index < -0.39 is 0 Å². The van der Waals surface area contributed by atoms with Crippen molar-refractivity contribution in [1.82, 2.24) is 20.3 Å². The average Bonchev–Trinajstić information content (AvgIpc) is 2.79. The average molecular weight is 390 g/mol. The van der Waals surface area contributed by atoms with Crippen LogP contribution in [-0.2, 0) is 7.05 Å². The second-order valence-electron chi connectivity index (χ2n) is 4.66. The van der Waals surface area contributed by atoms with Gasteiger partial charge in [0.05, 0.1) is 11.7 Å². The summed E-state index contributed by atoms with van der Waals surface area (Å²) < 4.78 is 2.61. The van der Waals surface area contributed by atoms with Crippen molar-refractivity contribution in [2.75, 3.05) is 12.3 Å². The van der Waals surface area contributed by atoms with Crippen LogP contribution in [0.4, 0.5) is 0 Å². The summed E-state index contributed by atoms with van der Waals surface area (Å²) in [6.45, 7) is 3.11. The van der Waals surface area contributed by atoms with Crippen molar-refractivity contribution in [1.29, 1.82) is 0 Å². The summed E-state index contributed by atoms with van der Waals surface area (Å²) in [6, 6.07) is 8.10. The Morgan fingerprint density at radius 1 is 1.48 bits per heavy atom. The summed E-state index contributed by atoms with van der Waals surface area (Å²) in [7, 11) is 1.91. The van der Waals surface area contributed by atoms with Crippen LogP contribution in [0.15, 0.2) is 33.8 Å². The third-order valence-corrected chi connectivity index (χ3v) is 4.90. The largest absolute Gasteiger partial charge is 0.308 e. The molecule has 0 aliphatic heterocycles. The first-order valence-corrected chi connectivity index (χ1v) is 8.94. The lowest BCUT2D eigenvalue weighted by molar-refractivity contribution is 0.531. The van der Waals surface area contributed by atoms with Crippen LogP contribution in [0.2, 0.25) is 5.02 Å². The molecule has 2 rings (SSSR count). The molecule has 0 saturated heterocycles. The number of halogens is 2. The zero-order valence-corrected chi connectivity index (χ0v) is 15.2. The highest BCUT2D eigenvalue weighted by Gasteiger charge is 2.19. The van der Waals surface area contributed by atoms with Gasteiger partial charge in [0.15, 0.2) is 4.60 Å². The summed E-state index contributed by atoms with van der Waals surface area (Å²) in [5, 5.41) is 12.5. The monoisotopic (exact) mass is 388 g/mol. The molecule has 1 aromatic heterocycles. The van der Waals surface area contributed by atoms with Crippen molar-refractivity contribution < 1.29 is 0 Å². The van der Waals surface area contributed by atoms with Crippen molar-refractivity contribution in [3.63, 3.8) is 0 Å². The maximum atomic E-state index is 6.03. The molecule has 21 heavy (non-hydrogen) atoms. The fourth-order valence-corrected chi connectivity index (χ4v) is 3.88. The molecule has 0 amide bonds. The number of thioether (sulfide) groups is 1. The Bertz CT molecular complexity index is 571. The van der Waals surface area contributed by atoms with E-state index in [4.69, 9.17) is 11.6 Å². The van der Waals surface area contributed by atoms with Gasteiger partial charge in [-0.05, 0) is 47.1 Å². The van der Waals surface area contributed by atoms with Crippen LogP contribution in [0.5, 0.6) is 0 Å². The lowest BCUT2D eigenvalue weighted by Gasteiger charge is -2.18. The number of benzene rings is 1. The van der Waals surface area contributed by atoms with E-state index in [1.807, 2.05) is 29.9 Å². The number of aryl methyl sites for hydroxylation is 1. The minimum atomic E-state index is 0.184. The van der Waals surface area contributed by atoms with Crippen LogP contribution in [0.25, 0.3) is 0 Å². The second kappa shape index (κ2) is 8.17. The SMILES string of the molecule is CCCNC(CSc1cccc(Cl)c1)c1c(Br)nnn1C. The molecule has 1 atom stereocenters. The summed E-state index contributed by atoms with van der Waals surface area (Å²) in [4.78, 5) is 1.16. The third kappa shape index (κ3) is 4.71. The van der Waals surface area contributed by atoms with Crippen LogP contribution in [0, 0.1) is 0 Å². The number of nitrogens with one attached hydrogen (secondary N) is 1. The van der Waals surface area contributed by atoms with Crippen LogP contribution in [0.1, 0.15) is 25.1 Å². The summed E-state index contributed by atoms with van der Waals surface area (Å²) in [5.74, 6) is 0.889. The highest BCUT2D eigenvalue weighted by atomic mass is 79.9. The van der Waals surface area contributed by atoms with Gasteiger partial charge in [-0.15, -0.1) is 16.9 Å². The Labute approximate surface area is 142 Å². The van der Waals surface area contributed by atoms with Crippen LogP contribution in [0.3, 0.4) is 0 Å². The molecule has 0 aliphatic rings. The van der Waals surface area contributed by atoms with Crippen LogP contribution in [-0.4, -0.2) is 27.3 Å². The van der Waals surface area contributed by atoms with E-state index in [9.17, 15) is 0 Å². The number of aromatic nitrogens is 3. The summed E-state index contributed by atoms with van der Waals surface area (Å²) in [5.41, 5.74) is 1.07. The Morgan fingerprint density at radius 2 is 2.29 bits per heavy atom. The molecule has 4 nitrogen and oxygen atoms in total. The van der Waals surface area contributed by atoms with Crippen molar-refractivity contribution in [3.05, 3.63) is 39.6 Å². The van der Waals surface area contributed by atoms with Gasteiger partial charge in [0, 0.05) is 22.7 Å². The molecule has 0 fully saturated rings. The maximum absolute atomic E-state index is 6.03. The van der Waals surface area contributed by atoms with E-state index in [0.717, 1.165) is 38.9 Å². The van der Waals surface area contributed by atoms with Crippen molar-refractivity contribution >= 4 is 39.3 Å². The lowest BCUT2D eigenvalue weighted by Crippen LogP contribution is -2.26. The molecule has 114 valence electrons. The quantitative estimate of drug-likeness (QED) is 0.725. The first-order chi connectivity index (χ1) is 10.1. The van der Waals surface area contributed by atoms with E-state index in [1.54, 1.807) is 11.8 Å². The van der Waals surface area contributed by atoms with Gasteiger partial charge >= 0.3 is 0 Å². The van der Waals surface area contributed by atoms with Gasteiger partial charge in [0.2, 0.25) is 0 Å². The molecule has 0 radical (unpaired) electrons. The van der Waals surface area contributed by atoms with Gasteiger partial charge in [-0.25, -0.2) is 4.68 Å². The van der Waals surface area contributed by atoms with Gasteiger partial charge in [-0.1, -0.05) is 29.8 Å². The normalized spacial score (nSPS) is 12.6.